The van der Waals surface area contributed by atoms with E-state index in [4.69, 9.17) is 0 Å². The fraction of sp³-hybridized carbons (Fsp3) is 0.0455. The minimum atomic E-state index is -0.485. The number of amides is 1. The summed E-state index contributed by atoms with van der Waals surface area (Å²) in [6.07, 6.45) is 7.28. The average molecular weight is 340 g/mol. The summed E-state index contributed by atoms with van der Waals surface area (Å²) in [5.41, 5.74) is 3.95. The Morgan fingerprint density at radius 1 is 0.923 bits per heavy atom. The highest BCUT2D eigenvalue weighted by Crippen LogP contribution is 2.32. The number of aromatic nitrogens is 1. The van der Waals surface area contributed by atoms with Gasteiger partial charge in [-0.25, -0.2) is 0 Å². The van der Waals surface area contributed by atoms with Gasteiger partial charge in [-0.1, -0.05) is 54.6 Å². The minimum absolute atomic E-state index is 0.360. The molecule has 4 rings (SSSR count). The summed E-state index contributed by atoms with van der Waals surface area (Å²) in [4.78, 5) is 30.4. The van der Waals surface area contributed by atoms with Crippen LogP contribution in [0.4, 0.5) is 5.69 Å². The molecular weight excluding hydrogens is 324 g/mol. The second-order valence-electron chi connectivity index (χ2n) is 6.03. The van der Waals surface area contributed by atoms with Gasteiger partial charge in [-0.2, -0.15) is 0 Å². The fourth-order valence-corrected chi connectivity index (χ4v) is 3.05. The van der Waals surface area contributed by atoms with Crippen molar-refractivity contribution < 1.29 is 9.59 Å². The van der Waals surface area contributed by atoms with E-state index in [1.165, 1.54) is 4.90 Å². The SMILES string of the molecule is O=C1C(=O)N(C/C=C/c2ccccc2)c2ccc(-c3cccnc3)cc21. The molecular formula is C22H16N2O2. The van der Waals surface area contributed by atoms with Crippen LogP contribution in [-0.2, 0) is 4.79 Å². The van der Waals surface area contributed by atoms with Gasteiger partial charge in [0.2, 0.25) is 0 Å². The fourth-order valence-electron chi connectivity index (χ4n) is 3.05. The van der Waals surface area contributed by atoms with Crippen LogP contribution in [-0.4, -0.2) is 23.2 Å². The van der Waals surface area contributed by atoms with Crippen LogP contribution in [0.15, 0.2) is 79.1 Å². The predicted octanol–water partition coefficient (Wildman–Crippen LogP) is 3.99. The van der Waals surface area contributed by atoms with Crippen LogP contribution >= 0.6 is 0 Å². The standard InChI is InChI=1S/C22H16N2O2/c25-21-19-14-17(18-9-4-12-23-15-18)10-11-20(19)24(22(21)26)13-5-8-16-6-2-1-3-7-16/h1-12,14-15H,13H2/b8-5+. The van der Waals surface area contributed by atoms with E-state index in [1.54, 1.807) is 18.5 Å². The molecule has 2 heterocycles. The molecule has 0 atom stereocenters. The number of carbonyl (C=O) groups excluding carboxylic acids is 2. The maximum atomic E-state index is 12.4. The lowest BCUT2D eigenvalue weighted by Gasteiger charge is -2.14. The van der Waals surface area contributed by atoms with E-state index in [0.29, 0.717) is 17.8 Å². The van der Waals surface area contributed by atoms with Crippen LogP contribution in [0.25, 0.3) is 17.2 Å². The molecule has 1 amide bonds. The van der Waals surface area contributed by atoms with Crippen LogP contribution in [0.2, 0.25) is 0 Å². The normalized spacial score (nSPS) is 13.5. The first kappa shape index (κ1) is 16.0. The van der Waals surface area contributed by atoms with Crippen molar-refractivity contribution in [3.8, 4) is 11.1 Å². The third-order valence-electron chi connectivity index (χ3n) is 4.36. The third-order valence-corrected chi connectivity index (χ3v) is 4.36. The molecule has 1 aliphatic rings. The molecule has 0 N–H and O–H groups in total. The van der Waals surface area contributed by atoms with Crippen LogP contribution in [0, 0.1) is 0 Å². The Balaban J connectivity index is 1.61. The third kappa shape index (κ3) is 2.93. The van der Waals surface area contributed by atoms with E-state index in [1.807, 2.05) is 66.7 Å². The van der Waals surface area contributed by atoms with Crippen molar-refractivity contribution in [1.29, 1.82) is 0 Å². The molecule has 126 valence electrons. The van der Waals surface area contributed by atoms with Crippen molar-refractivity contribution in [2.24, 2.45) is 0 Å². The van der Waals surface area contributed by atoms with Crippen LogP contribution in [0.1, 0.15) is 15.9 Å². The highest BCUT2D eigenvalue weighted by Gasteiger charge is 2.35. The Morgan fingerprint density at radius 3 is 2.54 bits per heavy atom. The van der Waals surface area contributed by atoms with E-state index >= 15 is 0 Å². The predicted molar refractivity (Wildman–Crippen MR) is 102 cm³/mol. The summed E-state index contributed by atoms with van der Waals surface area (Å²) in [6.45, 7) is 0.360. The number of hydrogen-bond acceptors (Lipinski definition) is 3. The number of carbonyl (C=O) groups is 2. The number of anilines is 1. The zero-order valence-corrected chi connectivity index (χ0v) is 14.0. The van der Waals surface area contributed by atoms with Gasteiger partial charge in [0.05, 0.1) is 11.3 Å². The highest BCUT2D eigenvalue weighted by molar-refractivity contribution is 6.52. The number of Topliss-reactive ketones (excluding diaryl/α,β-unsaturated/α-hetero) is 1. The Morgan fingerprint density at radius 2 is 1.77 bits per heavy atom. The molecule has 1 aromatic heterocycles. The van der Waals surface area contributed by atoms with Gasteiger partial charge in [-0.05, 0) is 29.3 Å². The van der Waals surface area contributed by atoms with Crippen molar-refractivity contribution in [3.05, 3.63) is 90.3 Å². The van der Waals surface area contributed by atoms with Gasteiger partial charge in [-0.3, -0.25) is 14.6 Å². The van der Waals surface area contributed by atoms with Crippen molar-refractivity contribution in [2.45, 2.75) is 0 Å². The molecule has 0 radical (unpaired) electrons. The molecule has 26 heavy (non-hydrogen) atoms. The van der Waals surface area contributed by atoms with Crippen molar-refractivity contribution >= 4 is 23.5 Å². The van der Waals surface area contributed by atoms with Gasteiger partial charge in [0, 0.05) is 24.5 Å². The van der Waals surface area contributed by atoms with E-state index in [0.717, 1.165) is 16.7 Å². The molecule has 0 saturated carbocycles. The molecule has 0 bridgehead atoms. The van der Waals surface area contributed by atoms with Gasteiger partial charge in [-0.15, -0.1) is 0 Å². The van der Waals surface area contributed by atoms with Gasteiger partial charge in [0.25, 0.3) is 11.7 Å². The number of hydrogen-bond donors (Lipinski definition) is 0. The Kier molecular flexibility index (Phi) is 4.15. The second-order valence-corrected chi connectivity index (χ2v) is 6.03. The van der Waals surface area contributed by atoms with Gasteiger partial charge < -0.3 is 4.90 Å². The lowest BCUT2D eigenvalue weighted by Crippen LogP contribution is -2.29. The topological polar surface area (TPSA) is 50.3 Å². The number of benzene rings is 2. The smallest absolute Gasteiger partial charge is 0.299 e. The van der Waals surface area contributed by atoms with Crippen molar-refractivity contribution in [3.63, 3.8) is 0 Å². The number of pyridine rings is 1. The first-order chi connectivity index (χ1) is 12.7. The summed E-state index contributed by atoms with van der Waals surface area (Å²) in [7, 11) is 0. The summed E-state index contributed by atoms with van der Waals surface area (Å²) in [6, 6.07) is 19.1. The lowest BCUT2D eigenvalue weighted by atomic mass is 10.0. The summed E-state index contributed by atoms with van der Waals surface area (Å²) in [5.74, 6) is -0.945. The van der Waals surface area contributed by atoms with E-state index in [9.17, 15) is 9.59 Å². The molecule has 0 aliphatic carbocycles. The lowest BCUT2D eigenvalue weighted by molar-refractivity contribution is -0.114. The summed E-state index contributed by atoms with van der Waals surface area (Å²) < 4.78 is 0. The molecule has 1 aliphatic heterocycles. The monoisotopic (exact) mass is 340 g/mol. The maximum Gasteiger partial charge on any atom is 0.299 e. The van der Waals surface area contributed by atoms with Gasteiger partial charge in [0.1, 0.15) is 0 Å². The Bertz CT molecular complexity index is 995. The average Bonchev–Trinajstić information content (AvgIpc) is 2.94. The van der Waals surface area contributed by atoms with Crippen molar-refractivity contribution in [1.82, 2.24) is 4.98 Å². The Hall–Kier alpha value is -3.53. The minimum Gasteiger partial charge on any atom is -0.301 e. The first-order valence-electron chi connectivity index (χ1n) is 8.36. The number of fused-ring (bicyclic) bond motifs is 1. The molecule has 2 aromatic carbocycles. The quantitative estimate of drug-likeness (QED) is 0.675. The van der Waals surface area contributed by atoms with E-state index in [-0.39, 0.29) is 0 Å². The Labute approximate surface area is 151 Å². The molecule has 0 saturated heterocycles. The second kappa shape index (κ2) is 6.76. The molecule has 0 fully saturated rings. The van der Waals surface area contributed by atoms with E-state index in [2.05, 4.69) is 4.98 Å². The zero-order valence-electron chi connectivity index (χ0n) is 14.0. The highest BCUT2D eigenvalue weighted by atomic mass is 16.2. The van der Waals surface area contributed by atoms with Crippen LogP contribution in [0.5, 0.6) is 0 Å². The van der Waals surface area contributed by atoms with Gasteiger partial charge in [0.15, 0.2) is 0 Å². The summed E-state index contributed by atoms with van der Waals surface area (Å²) >= 11 is 0. The molecule has 4 heteroatoms. The molecule has 0 spiro atoms. The molecule has 3 aromatic rings. The van der Waals surface area contributed by atoms with Gasteiger partial charge >= 0.3 is 0 Å². The van der Waals surface area contributed by atoms with Crippen LogP contribution in [0.3, 0.4) is 0 Å². The number of ketones is 1. The van der Waals surface area contributed by atoms with E-state index < -0.39 is 11.7 Å². The number of rotatable bonds is 4. The summed E-state index contributed by atoms with van der Waals surface area (Å²) in [5, 5.41) is 0. The van der Waals surface area contributed by atoms with Crippen LogP contribution < -0.4 is 4.90 Å². The first-order valence-corrected chi connectivity index (χ1v) is 8.36. The zero-order chi connectivity index (χ0) is 17.9. The van der Waals surface area contributed by atoms with Crippen molar-refractivity contribution in [2.75, 3.05) is 11.4 Å². The maximum absolute atomic E-state index is 12.4. The molecule has 4 nitrogen and oxygen atoms in total. The largest absolute Gasteiger partial charge is 0.301 e. The number of nitrogens with zero attached hydrogens (tertiary/aromatic N) is 2. The molecule has 0 unspecified atom stereocenters.